The van der Waals surface area contributed by atoms with Crippen LogP contribution in [-0.4, -0.2) is 61.2 Å². The molecule has 1 fully saturated rings. The molecule has 1 aromatic rings. The molecule has 2 rings (SSSR count). The number of amides is 2. The van der Waals surface area contributed by atoms with Gasteiger partial charge in [0, 0.05) is 32.6 Å². The second kappa shape index (κ2) is 10.7. The molecule has 26 heavy (non-hydrogen) atoms. The molecule has 0 bridgehead atoms. The zero-order valence-electron chi connectivity index (χ0n) is 15.9. The third kappa shape index (κ3) is 6.24. The van der Waals surface area contributed by atoms with E-state index in [2.05, 4.69) is 6.92 Å². The second-order valence-corrected chi connectivity index (χ2v) is 6.55. The maximum Gasteiger partial charge on any atom is 0.409 e. The van der Waals surface area contributed by atoms with E-state index in [0.717, 1.165) is 24.2 Å². The monoisotopic (exact) mass is 362 g/mol. The summed E-state index contributed by atoms with van der Waals surface area (Å²) in [6.07, 6.45) is 2.77. The molecule has 1 heterocycles. The van der Waals surface area contributed by atoms with Crippen LogP contribution in [0.15, 0.2) is 24.3 Å². The number of hydrogen-bond donors (Lipinski definition) is 0. The van der Waals surface area contributed by atoms with Crippen molar-refractivity contribution in [2.45, 2.75) is 39.5 Å². The van der Waals surface area contributed by atoms with Crippen molar-refractivity contribution >= 4 is 12.0 Å². The van der Waals surface area contributed by atoms with Crippen LogP contribution in [0.3, 0.4) is 0 Å². The summed E-state index contributed by atoms with van der Waals surface area (Å²) in [5.74, 6) is 0.993. The van der Waals surface area contributed by atoms with Crippen LogP contribution in [0.1, 0.15) is 38.2 Å². The highest BCUT2D eigenvalue weighted by Crippen LogP contribution is 2.16. The fourth-order valence-corrected chi connectivity index (χ4v) is 2.82. The molecule has 0 atom stereocenters. The first-order valence-corrected chi connectivity index (χ1v) is 9.49. The maximum atomic E-state index is 12.3. The van der Waals surface area contributed by atoms with Gasteiger partial charge in [0.15, 0.2) is 0 Å². The summed E-state index contributed by atoms with van der Waals surface area (Å²) in [6.45, 7) is 7.28. The van der Waals surface area contributed by atoms with E-state index in [0.29, 0.717) is 52.2 Å². The van der Waals surface area contributed by atoms with E-state index < -0.39 is 0 Å². The number of unbranched alkanes of at least 4 members (excludes halogenated alkanes) is 1. The summed E-state index contributed by atoms with van der Waals surface area (Å²) in [5.41, 5.74) is 1.10. The molecule has 1 aromatic carbocycles. The molecule has 0 aromatic heterocycles. The Labute approximate surface area is 156 Å². The van der Waals surface area contributed by atoms with Crippen molar-refractivity contribution in [1.82, 2.24) is 9.80 Å². The van der Waals surface area contributed by atoms with Gasteiger partial charge in [-0.25, -0.2) is 4.79 Å². The van der Waals surface area contributed by atoms with Gasteiger partial charge >= 0.3 is 6.09 Å². The lowest BCUT2D eigenvalue weighted by atomic mass is 10.2. The van der Waals surface area contributed by atoms with Gasteiger partial charge in [-0.15, -0.1) is 0 Å². The van der Waals surface area contributed by atoms with Crippen molar-refractivity contribution in [2.24, 2.45) is 0 Å². The molecule has 0 unspecified atom stereocenters. The number of aryl methyl sites for hydroxylation is 1. The van der Waals surface area contributed by atoms with Gasteiger partial charge in [-0.1, -0.05) is 31.5 Å². The van der Waals surface area contributed by atoms with Crippen LogP contribution in [0.25, 0.3) is 0 Å². The zero-order valence-corrected chi connectivity index (χ0v) is 15.9. The number of hydrogen-bond acceptors (Lipinski definition) is 4. The highest BCUT2D eigenvalue weighted by Gasteiger charge is 2.24. The normalized spacial score (nSPS) is 14.2. The van der Waals surface area contributed by atoms with Crippen molar-refractivity contribution in [3.05, 3.63) is 29.8 Å². The van der Waals surface area contributed by atoms with E-state index in [1.165, 1.54) is 0 Å². The molecule has 6 heteroatoms. The van der Waals surface area contributed by atoms with Gasteiger partial charge in [-0.2, -0.15) is 0 Å². The molecule has 1 saturated heterocycles. The lowest BCUT2D eigenvalue weighted by Gasteiger charge is -2.34. The topological polar surface area (TPSA) is 59.1 Å². The number of ether oxygens (including phenoxy) is 2. The van der Waals surface area contributed by atoms with E-state index in [1.807, 2.05) is 36.1 Å². The van der Waals surface area contributed by atoms with Gasteiger partial charge < -0.3 is 19.3 Å². The molecular weight excluding hydrogens is 332 g/mol. The molecule has 6 nitrogen and oxygen atoms in total. The van der Waals surface area contributed by atoms with Crippen molar-refractivity contribution < 1.29 is 19.1 Å². The lowest BCUT2D eigenvalue weighted by Crippen LogP contribution is -2.50. The number of nitrogens with zero attached hydrogens (tertiary/aromatic N) is 2. The van der Waals surface area contributed by atoms with Crippen molar-refractivity contribution in [1.29, 1.82) is 0 Å². The van der Waals surface area contributed by atoms with Gasteiger partial charge in [0.2, 0.25) is 5.91 Å². The Morgan fingerprint density at radius 1 is 1.00 bits per heavy atom. The Morgan fingerprint density at radius 3 is 2.38 bits per heavy atom. The average molecular weight is 362 g/mol. The summed E-state index contributed by atoms with van der Waals surface area (Å²) in [5, 5.41) is 0. The standard InChI is InChI=1S/C20H30N2O4/c1-3-4-15-26-20(24)22-13-11-21(12-14-22)19(23)10-7-16-25-18-9-6-5-8-17(18)2/h5-6,8-9H,3-4,7,10-16H2,1-2H3. The van der Waals surface area contributed by atoms with Crippen LogP contribution in [-0.2, 0) is 9.53 Å². The van der Waals surface area contributed by atoms with Crippen molar-refractivity contribution in [3.63, 3.8) is 0 Å². The summed E-state index contributed by atoms with van der Waals surface area (Å²) in [4.78, 5) is 27.7. The second-order valence-electron chi connectivity index (χ2n) is 6.55. The first kappa shape index (κ1) is 20.1. The minimum Gasteiger partial charge on any atom is -0.493 e. The third-order valence-electron chi connectivity index (χ3n) is 4.50. The minimum atomic E-state index is -0.267. The molecule has 2 amide bonds. The number of carbonyl (C=O) groups is 2. The van der Waals surface area contributed by atoms with Crippen LogP contribution < -0.4 is 4.74 Å². The van der Waals surface area contributed by atoms with E-state index >= 15 is 0 Å². The first-order chi connectivity index (χ1) is 12.6. The zero-order chi connectivity index (χ0) is 18.8. The third-order valence-corrected chi connectivity index (χ3v) is 4.50. The number of benzene rings is 1. The Balaban J connectivity index is 1.62. The Bertz CT molecular complexity index is 583. The van der Waals surface area contributed by atoms with E-state index in [4.69, 9.17) is 9.47 Å². The SMILES string of the molecule is CCCCOC(=O)N1CCN(C(=O)CCCOc2ccccc2C)CC1. The van der Waals surface area contributed by atoms with Gasteiger partial charge in [0.25, 0.3) is 0 Å². The van der Waals surface area contributed by atoms with Crippen LogP contribution in [0, 0.1) is 6.92 Å². The van der Waals surface area contributed by atoms with Crippen LogP contribution in [0.4, 0.5) is 4.79 Å². The highest BCUT2D eigenvalue weighted by molar-refractivity contribution is 5.76. The van der Waals surface area contributed by atoms with Gasteiger partial charge in [-0.3, -0.25) is 4.79 Å². The largest absolute Gasteiger partial charge is 0.493 e. The average Bonchev–Trinajstić information content (AvgIpc) is 2.66. The number of carbonyl (C=O) groups excluding carboxylic acids is 2. The van der Waals surface area contributed by atoms with E-state index in [-0.39, 0.29) is 12.0 Å². The predicted molar refractivity (Wildman–Crippen MR) is 100 cm³/mol. The molecule has 0 N–H and O–H groups in total. The van der Waals surface area contributed by atoms with Gasteiger partial charge in [-0.05, 0) is 31.4 Å². The molecule has 0 saturated carbocycles. The predicted octanol–water partition coefficient (Wildman–Crippen LogP) is 3.23. The number of piperazine rings is 1. The first-order valence-electron chi connectivity index (χ1n) is 9.49. The smallest absolute Gasteiger partial charge is 0.409 e. The molecule has 1 aliphatic rings. The van der Waals surface area contributed by atoms with Gasteiger partial charge in [0.1, 0.15) is 5.75 Å². The molecule has 1 aliphatic heterocycles. The van der Waals surface area contributed by atoms with Crippen LogP contribution >= 0.6 is 0 Å². The molecular formula is C20H30N2O4. The quantitative estimate of drug-likeness (QED) is 0.666. The number of para-hydroxylation sites is 1. The van der Waals surface area contributed by atoms with Gasteiger partial charge in [0.05, 0.1) is 13.2 Å². The number of rotatable bonds is 8. The summed E-state index contributed by atoms with van der Waals surface area (Å²) < 4.78 is 10.9. The Morgan fingerprint density at radius 2 is 1.69 bits per heavy atom. The molecule has 0 aliphatic carbocycles. The van der Waals surface area contributed by atoms with Crippen LogP contribution in [0.5, 0.6) is 5.75 Å². The fourth-order valence-electron chi connectivity index (χ4n) is 2.82. The Hall–Kier alpha value is -2.24. The maximum absolute atomic E-state index is 12.3. The van der Waals surface area contributed by atoms with Crippen molar-refractivity contribution in [3.8, 4) is 5.75 Å². The Kier molecular flexibility index (Phi) is 8.25. The van der Waals surface area contributed by atoms with Crippen LogP contribution in [0.2, 0.25) is 0 Å². The fraction of sp³-hybridized carbons (Fsp3) is 0.600. The molecule has 0 spiro atoms. The van der Waals surface area contributed by atoms with Crippen molar-refractivity contribution in [2.75, 3.05) is 39.4 Å². The summed E-state index contributed by atoms with van der Waals surface area (Å²) in [6, 6.07) is 7.87. The summed E-state index contributed by atoms with van der Waals surface area (Å²) in [7, 11) is 0. The molecule has 0 radical (unpaired) electrons. The molecule has 144 valence electrons. The minimum absolute atomic E-state index is 0.123. The van der Waals surface area contributed by atoms with E-state index in [1.54, 1.807) is 4.90 Å². The summed E-state index contributed by atoms with van der Waals surface area (Å²) >= 11 is 0. The van der Waals surface area contributed by atoms with E-state index in [9.17, 15) is 9.59 Å². The lowest BCUT2D eigenvalue weighted by molar-refractivity contribution is -0.133. The highest BCUT2D eigenvalue weighted by atomic mass is 16.6.